The molecule has 3 aromatic heterocycles. The molecule has 0 bridgehead atoms. The molecule has 5 nitrogen and oxygen atoms in total. The van der Waals surface area contributed by atoms with Crippen LogP contribution in [0.2, 0.25) is 0 Å². The van der Waals surface area contributed by atoms with Crippen molar-refractivity contribution in [2.75, 3.05) is 0 Å². The summed E-state index contributed by atoms with van der Waals surface area (Å²) in [5, 5.41) is 1.72. The van der Waals surface area contributed by atoms with Gasteiger partial charge in [0.05, 0.1) is 27.7 Å². The van der Waals surface area contributed by atoms with Gasteiger partial charge in [-0.15, -0.1) is 0 Å². The molecule has 0 saturated heterocycles. The monoisotopic (exact) mass is 724 g/mol. The third-order valence-electron chi connectivity index (χ3n) is 10.1. The minimum Gasteiger partial charge on any atom is -0.456 e. The highest BCUT2D eigenvalue weighted by molar-refractivity contribution is 6.14. The van der Waals surface area contributed by atoms with Crippen molar-refractivity contribution in [1.82, 2.24) is 19.5 Å². The van der Waals surface area contributed by atoms with Crippen LogP contribution in [0, 0.1) is 0 Å². The summed E-state index contributed by atoms with van der Waals surface area (Å²) in [5.74, 6) is 0.975. The lowest BCUT2D eigenvalue weighted by Gasteiger charge is -2.16. The Morgan fingerprint density at radius 1 is 0.411 bits per heavy atom. The van der Waals surface area contributed by atoms with Crippen LogP contribution in [0.4, 0.5) is 0 Å². The first kappa shape index (κ1) is 24.6. The number of rotatable bonds is 6. The zero-order valence-electron chi connectivity index (χ0n) is 37.6. The summed E-state index contributed by atoms with van der Waals surface area (Å²) in [6, 6.07) is 43.0. The van der Waals surface area contributed by atoms with Gasteiger partial charge >= 0.3 is 0 Å². The highest BCUT2D eigenvalue weighted by atomic mass is 16.3. The second-order valence-electron chi connectivity index (χ2n) is 13.4. The molecule has 0 fully saturated rings. The predicted molar refractivity (Wildman–Crippen MR) is 229 cm³/mol. The van der Waals surface area contributed by atoms with Crippen LogP contribution >= 0.6 is 0 Å². The molecule has 8 aromatic carbocycles. The topological polar surface area (TPSA) is 56.7 Å². The Balaban J connectivity index is 1.28. The van der Waals surface area contributed by atoms with Crippen molar-refractivity contribution in [2.24, 2.45) is 0 Å². The number of nitrogens with zero attached hydrogens (tertiary/aromatic N) is 4. The molecule has 11 aromatic rings. The summed E-state index contributed by atoms with van der Waals surface area (Å²) in [6.07, 6.45) is 0. The largest absolute Gasteiger partial charge is 0.456 e. The van der Waals surface area contributed by atoms with E-state index in [-0.39, 0.29) is 27.6 Å². The molecule has 0 aliphatic rings. The molecule has 262 valence electrons. The zero-order valence-corrected chi connectivity index (χ0v) is 29.6. The molecule has 0 saturated carbocycles. The Kier molecular flexibility index (Phi) is 5.74. The highest BCUT2D eigenvalue weighted by Gasteiger charge is 2.21. The van der Waals surface area contributed by atoms with E-state index in [9.17, 15) is 2.74 Å². The van der Waals surface area contributed by atoms with Crippen LogP contribution in [-0.4, -0.2) is 19.5 Å². The molecular weight excluding hydrogens is 685 g/mol. The van der Waals surface area contributed by atoms with E-state index in [0.717, 1.165) is 44.2 Å². The SMILES string of the molecule is [2H]c1c([2H])c([2H])c2c(c1[2H])c1c([2H])c([2H])c([2H])c([2H])c1n2-c1ccc(-c2cccc3oc4ccc(-c5ccccc5)cc4c23)cc1-c1nc(-c2ccccc2)nc(-c2ccccc2)n1. The van der Waals surface area contributed by atoms with Crippen molar-refractivity contribution < 1.29 is 15.4 Å². The molecule has 0 spiro atoms. The van der Waals surface area contributed by atoms with Crippen LogP contribution in [0.1, 0.15) is 11.0 Å². The number of aromatic nitrogens is 4. The first-order valence-corrected chi connectivity index (χ1v) is 18.1. The molecule has 0 unspecified atom stereocenters. The van der Waals surface area contributed by atoms with Gasteiger partial charge in [-0.3, -0.25) is 0 Å². The lowest BCUT2D eigenvalue weighted by molar-refractivity contribution is 0.669. The maximum atomic E-state index is 9.29. The summed E-state index contributed by atoms with van der Waals surface area (Å²) in [6.45, 7) is 0. The lowest BCUT2D eigenvalue weighted by atomic mass is 9.95. The van der Waals surface area contributed by atoms with Gasteiger partial charge in [0.25, 0.3) is 0 Å². The molecule has 3 heterocycles. The van der Waals surface area contributed by atoms with Crippen molar-refractivity contribution in [3.8, 4) is 62.1 Å². The Morgan fingerprint density at radius 2 is 0.982 bits per heavy atom. The number of benzene rings is 8. The summed E-state index contributed by atoms with van der Waals surface area (Å²) < 4.78 is 79.5. The average molecular weight is 725 g/mol. The number of para-hydroxylation sites is 2. The molecule has 0 amide bonds. The van der Waals surface area contributed by atoms with Crippen molar-refractivity contribution >= 4 is 43.7 Å². The van der Waals surface area contributed by atoms with Gasteiger partial charge in [-0.2, -0.15) is 0 Å². The highest BCUT2D eigenvalue weighted by Crippen LogP contribution is 2.42. The van der Waals surface area contributed by atoms with Crippen molar-refractivity contribution in [1.29, 1.82) is 0 Å². The minimum atomic E-state index is -0.520. The van der Waals surface area contributed by atoms with E-state index in [1.807, 2.05) is 121 Å². The number of hydrogen-bond donors (Lipinski definition) is 0. The van der Waals surface area contributed by atoms with E-state index in [1.54, 1.807) is 6.07 Å². The van der Waals surface area contributed by atoms with E-state index >= 15 is 0 Å². The Labute approximate surface area is 334 Å². The van der Waals surface area contributed by atoms with Crippen molar-refractivity contribution in [2.45, 2.75) is 0 Å². The van der Waals surface area contributed by atoms with Gasteiger partial charge in [-0.25, -0.2) is 15.0 Å². The zero-order chi connectivity index (χ0) is 44.0. The molecule has 0 aliphatic carbocycles. The molecule has 0 atom stereocenters. The Hall–Kier alpha value is -7.63. The third-order valence-corrected chi connectivity index (χ3v) is 10.1. The molecule has 0 N–H and O–H groups in total. The van der Waals surface area contributed by atoms with Gasteiger partial charge in [0.15, 0.2) is 17.5 Å². The van der Waals surface area contributed by atoms with E-state index < -0.39 is 48.3 Å². The number of fused-ring (bicyclic) bond motifs is 6. The molecular formula is C51H32N4O. The van der Waals surface area contributed by atoms with E-state index in [1.165, 1.54) is 4.57 Å². The van der Waals surface area contributed by atoms with Gasteiger partial charge in [0, 0.05) is 38.2 Å². The Morgan fingerprint density at radius 3 is 1.62 bits per heavy atom. The van der Waals surface area contributed by atoms with E-state index in [0.29, 0.717) is 34.1 Å². The normalized spacial score (nSPS) is 13.6. The Bertz CT molecular complexity index is 3570. The second kappa shape index (κ2) is 13.0. The van der Waals surface area contributed by atoms with Gasteiger partial charge in [0.1, 0.15) is 11.2 Å². The predicted octanol–water partition coefficient (Wildman–Crippen LogP) is 13.2. The van der Waals surface area contributed by atoms with Crippen molar-refractivity contribution in [3.05, 3.63) is 194 Å². The van der Waals surface area contributed by atoms with Crippen LogP contribution < -0.4 is 0 Å². The minimum absolute atomic E-state index is 0.0148. The van der Waals surface area contributed by atoms with Gasteiger partial charge in [-0.05, 0) is 64.7 Å². The van der Waals surface area contributed by atoms with Crippen LogP contribution in [0.5, 0.6) is 0 Å². The average Bonchev–Trinajstić information content (AvgIpc) is 3.91. The summed E-state index contributed by atoms with van der Waals surface area (Å²) in [4.78, 5) is 15.1. The quantitative estimate of drug-likeness (QED) is 0.171. The second-order valence-corrected chi connectivity index (χ2v) is 13.4. The van der Waals surface area contributed by atoms with Gasteiger partial charge in [-0.1, -0.05) is 152 Å². The molecule has 56 heavy (non-hydrogen) atoms. The number of hydrogen-bond acceptors (Lipinski definition) is 4. The fraction of sp³-hybridized carbons (Fsp3) is 0. The van der Waals surface area contributed by atoms with E-state index in [2.05, 4.69) is 18.2 Å². The summed E-state index contributed by atoms with van der Waals surface area (Å²) in [5.41, 5.74) is 7.19. The smallest absolute Gasteiger partial charge is 0.166 e. The maximum Gasteiger partial charge on any atom is 0.166 e. The summed E-state index contributed by atoms with van der Waals surface area (Å²) >= 11 is 0. The molecule has 11 rings (SSSR count). The third kappa shape index (κ3) is 5.29. The molecule has 0 radical (unpaired) electrons. The fourth-order valence-corrected chi connectivity index (χ4v) is 7.55. The maximum absolute atomic E-state index is 9.29. The van der Waals surface area contributed by atoms with Crippen LogP contribution in [0.25, 0.3) is 106 Å². The molecule has 0 aliphatic heterocycles. The summed E-state index contributed by atoms with van der Waals surface area (Å²) in [7, 11) is 0. The van der Waals surface area contributed by atoms with Gasteiger partial charge in [0.2, 0.25) is 0 Å². The standard InChI is InChI=1S/C51H32N4O/c1-4-15-33(16-5-1)36-28-30-46-42(31-36)48-38(23-14-26-47(48)56-46)37-27-29-45(55-43-24-12-10-21-39(43)40-22-11-13-25-44(40)55)41(32-37)51-53-49(34-17-6-2-7-18-34)52-50(54-51)35-19-8-3-9-20-35/h1-32H/i10D,11D,12D,13D,21D,22D,24D,25D. The lowest BCUT2D eigenvalue weighted by Crippen LogP contribution is -2.04. The molecule has 5 heteroatoms. The van der Waals surface area contributed by atoms with Crippen LogP contribution in [0.3, 0.4) is 0 Å². The first-order valence-electron chi connectivity index (χ1n) is 22.1. The van der Waals surface area contributed by atoms with E-state index in [4.69, 9.17) is 27.6 Å². The van der Waals surface area contributed by atoms with Gasteiger partial charge < -0.3 is 8.98 Å². The first-order chi connectivity index (χ1) is 31.1. The van der Waals surface area contributed by atoms with Crippen molar-refractivity contribution in [3.63, 3.8) is 0 Å². The van der Waals surface area contributed by atoms with Crippen LogP contribution in [-0.2, 0) is 0 Å². The number of furan rings is 1. The van der Waals surface area contributed by atoms with Crippen LogP contribution in [0.15, 0.2) is 198 Å². The fourth-order valence-electron chi connectivity index (χ4n) is 7.55.